The molecule has 0 aliphatic carbocycles. The van der Waals surface area contributed by atoms with Gasteiger partial charge in [-0.25, -0.2) is 0 Å². The molecule has 18 heavy (non-hydrogen) atoms. The second-order valence-electron chi connectivity index (χ2n) is 4.51. The third kappa shape index (κ3) is 3.23. The van der Waals surface area contributed by atoms with E-state index in [1.54, 1.807) is 0 Å². The van der Waals surface area contributed by atoms with Crippen LogP contribution < -0.4 is 0 Å². The SMILES string of the molecule is OC(CC1CCCO1)c1ccc(C(F)(F)F)cc1. The highest BCUT2D eigenvalue weighted by Crippen LogP contribution is 2.31. The fourth-order valence-corrected chi connectivity index (χ4v) is 2.11. The van der Waals surface area contributed by atoms with Gasteiger partial charge in [0, 0.05) is 13.0 Å². The zero-order valence-corrected chi connectivity index (χ0v) is 9.78. The quantitative estimate of drug-likeness (QED) is 0.903. The highest BCUT2D eigenvalue weighted by atomic mass is 19.4. The standard InChI is InChI=1S/C13H15F3O2/c14-13(15,16)10-5-3-9(4-6-10)12(17)8-11-2-1-7-18-11/h3-6,11-12,17H,1-2,7-8H2. The summed E-state index contributed by atoms with van der Waals surface area (Å²) in [6.45, 7) is 0.699. The van der Waals surface area contributed by atoms with Crippen molar-refractivity contribution in [2.75, 3.05) is 6.61 Å². The Labute approximate surface area is 103 Å². The summed E-state index contributed by atoms with van der Waals surface area (Å²) in [7, 11) is 0. The Hall–Kier alpha value is -1.07. The zero-order chi connectivity index (χ0) is 13.2. The van der Waals surface area contributed by atoms with Crippen molar-refractivity contribution in [3.63, 3.8) is 0 Å². The molecule has 2 rings (SSSR count). The van der Waals surface area contributed by atoms with Gasteiger partial charge in [0.05, 0.1) is 17.8 Å². The second kappa shape index (κ2) is 5.28. The third-order valence-corrected chi connectivity index (χ3v) is 3.13. The van der Waals surface area contributed by atoms with Crippen LogP contribution in [0.5, 0.6) is 0 Å². The van der Waals surface area contributed by atoms with Gasteiger partial charge in [-0.2, -0.15) is 13.2 Å². The molecule has 1 aliphatic heterocycles. The van der Waals surface area contributed by atoms with E-state index in [0.29, 0.717) is 18.6 Å². The molecule has 0 radical (unpaired) electrons. The predicted octanol–water partition coefficient (Wildman–Crippen LogP) is 3.31. The van der Waals surface area contributed by atoms with Crippen LogP contribution in [0.3, 0.4) is 0 Å². The molecule has 5 heteroatoms. The maximum Gasteiger partial charge on any atom is 0.416 e. The van der Waals surface area contributed by atoms with E-state index in [0.717, 1.165) is 25.0 Å². The molecule has 1 aromatic rings. The van der Waals surface area contributed by atoms with Crippen LogP contribution in [0.15, 0.2) is 24.3 Å². The van der Waals surface area contributed by atoms with Gasteiger partial charge in [0.2, 0.25) is 0 Å². The summed E-state index contributed by atoms with van der Waals surface area (Å²) in [5.41, 5.74) is -0.200. The van der Waals surface area contributed by atoms with Crippen LogP contribution in [0.4, 0.5) is 13.2 Å². The number of benzene rings is 1. The molecule has 1 N–H and O–H groups in total. The molecule has 1 aliphatic rings. The zero-order valence-electron chi connectivity index (χ0n) is 9.78. The van der Waals surface area contributed by atoms with E-state index < -0.39 is 17.8 Å². The average Bonchev–Trinajstić information content (AvgIpc) is 2.81. The van der Waals surface area contributed by atoms with Gasteiger partial charge in [0.25, 0.3) is 0 Å². The molecule has 1 saturated heterocycles. The minimum Gasteiger partial charge on any atom is -0.388 e. The number of rotatable bonds is 3. The topological polar surface area (TPSA) is 29.5 Å². The minimum absolute atomic E-state index is 0.0160. The molecule has 0 bridgehead atoms. The molecule has 0 aromatic heterocycles. The van der Waals surface area contributed by atoms with Gasteiger partial charge in [-0.05, 0) is 30.5 Å². The van der Waals surface area contributed by atoms with Crippen molar-refractivity contribution in [2.45, 2.75) is 37.6 Å². The maximum atomic E-state index is 12.4. The van der Waals surface area contributed by atoms with Gasteiger partial charge in [-0.1, -0.05) is 12.1 Å². The third-order valence-electron chi connectivity index (χ3n) is 3.13. The van der Waals surface area contributed by atoms with E-state index in [1.165, 1.54) is 12.1 Å². The Morgan fingerprint density at radius 1 is 1.28 bits per heavy atom. The van der Waals surface area contributed by atoms with Gasteiger partial charge >= 0.3 is 6.18 Å². The fourth-order valence-electron chi connectivity index (χ4n) is 2.11. The second-order valence-corrected chi connectivity index (χ2v) is 4.51. The first kappa shape index (κ1) is 13.4. The van der Waals surface area contributed by atoms with Crippen molar-refractivity contribution in [3.8, 4) is 0 Å². The molecule has 100 valence electrons. The van der Waals surface area contributed by atoms with Gasteiger partial charge in [0.15, 0.2) is 0 Å². The smallest absolute Gasteiger partial charge is 0.388 e. The van der Waals surface area contributed by atoms with E-state index in [4.69, 9.17) is 4.74 Å². The van der Waals surface area contributed by atoms with Crippen molar-refractivity contribution < 1.29 is 23.0 Å². The Kier molecular flexibility index (Phi) is 3.92. The predicted molar refractivity (Wildman–Crippen MR) is 60.0 cm³/mol. The molecule has 2 atom stereocenters. The van der Waals surface area contributed by atoms with E-state index >= 15 is 0 Å². The summed E-state index contributed by atoms with van der Waals surface area (Å²) in [6, 6.07) is 4.63. The summed E-state index contributed by atoms with van der Waals surface area (Å²) in [5.74, 6) is 0. The van der Waals surface area contributed by atoms with Gasteiger partial charge < -0.3 is 9.84 Å². The Morgan fingerprint density at radius 3 is 2.44 bits per heavy atom. The van der Waals surface area contributed by atoms with Crippen LogP contribution in [-0.4, -0.2) is 17.8 Å². The Bertz CT molecular complexity index is 380. The lowest BCUT2D eigenvalue weighted by Gasteiger charge is -2.16. The van der Waals surface area contributed by atoms with Crippen molar-refractivity contribution in [2.24, 2.45) is 0 Å². The molecular formula is C13H15F3O2. The first-order valence-corrected chi connectivity index (χ1v) is 5.93. The number of halogens is 3. The number of ether oxygens (including phenoxy) is 1. The highest BCUT2D eigenvalue weighted by Gasteiger charge is 2.30. The molecule has 0 amide bonds. The number of hydrogen-bond donors (Lipinski definition) is 1. The van der Waals surface area contributed by atoms with Crippen LogP contribution in [-0.2, 0) is 10.9 Å². The van der Waals surface area contributed by atoms with Crippen LogP contribution in [0.2, 0.25) is 0 Å². The summed E-state index contributed by atoms with van der Waals surface area (Å²) in [5, 5.41) is 9.91. The summed E-state index contributed by atoms with van der Waals surface area (Å²) < 4.78 is 42.5. The van der Waals surface area contributed by atoms with Crippen LogP contribution in [0.1, 0.15) is 36.5 Å². The fraction of sp³-hybridized carbons (Fsp3) is 0.538. The van der Waals surface area contributed by atoms with Crippen LogP contribution >= 0.6 is 0 Å². The summed E-state index contributed by atoms with van der Waals surface area (Å²) in [4.78, 5) is 0. The molecule has 1 aromatic carbocycles. The van der Waals surface area contributed by atoms with Crippen LogP contribution in [0, 0.1) is 0 Å². The van der Waals surface area contributed by atoms with E-state index in [9.17, 15) is 18.3 Å². The minimum atomic E-state index is -4.34. The number of aliphatic hydroxyl groups excluding tert-OH is 1. The largest absolute Gasteiger partial charge is 0.416 e. The number of aliphatic hydroxyl groups is 1. The molecule has 2 unspecified atom stereocenters. The van der Waals surface area contributed by atoms with Gasteiger partial charge in [-0.3, -0.25) is 0 Å². The summed E-state index contributed by atoms with van der Waals surface area (Å²) >= 11 is 0. The van der Waals surface area contributed by atoms with Gasteiger partial charge in [-0.15, -0.1) is 0 Å². The molecule has 0 spiro atoms. The Morgan fingerprint density at radius 2 is 1.94 bits per heavy atom. The number of hydrogen-bond acceptors (Lipinski definition) is 2. The molecule has 0 saturated carbocycles. The highest BCUT2D eigenvalue weighted by molar-refractivity contribution is 5.26. The molecule has 2 nitrogen and oxygen atoms in total. The lowest BCUT2D eigenvalue weighted by molar-refractivity contribution is -0.137. The first-order valence-electron chi connectivity index (χ1n) is 5.93. The van der Waals surface area contributed by atoms with Crippen molar-refractivity contribution in [1.29, 1.82) is 0 Å². The number of alkyl halides is 3. The molecule has 1 fully saturated rings. The van der Waals surface area contributed by atoms with Crippen molar-refractivity contribution >= 4 is 0 Å². The normalized spacial score (nSPS) is 22.1. The maximum absolute atomic E-state index is 12.4. The van der Waals surface area contributed by atoms with Gasteiger partial charge in [0.1, 0.15) is 0 Å². The lowest BCUT2D eigenvalue weighted by Crippen LogP contribution is -2.11. The molecular weight excluding hydrogens is 245 g/mol. The summed E-state index contributed by atoms with van der Waals surface area (Å²) in [6.07, 6.45) is -2.77. The van der Waals surface area contributed by atoms with Crippen LogP contribution in [0.25, 0.3) is 0 Å². The van der Waals surface area contributed by atoms with Crippen molar-refractivity contribution in [1.82, 2.24) is 0 Å². The Balaban J connectivity index is 2.00. The lowest BCUT2D eigenvalue weighted by atomic mass is 10.0. The van der Waals surface area contributed by atoms with E-state index in [-0.39, 0.29) is 6.10 Å². The van der Waals surface area contributed by atoms with E-state index in [1.807, 2.05) is 0 Å². The first-order chi connectivity index (χ1) is 8.47. The average molecular weight is 260 g/mol. The van der Waals surface area contributed by atoms with E-state index in [2.05, 4.69) is 0 Å². The van der Waals surface area contributed by atoms with Crippen molar-refractivity contribution in [3.05, 3.63) is 35.4 Å². The molecule has 1 heterocycles. The monoisotopic (exact) mass is 260 g/mol.